The van der Waals surface area contributed by atoms with Crippen molar-refractivity contribution in [3.63, 3.8) is 0 Å². The molecule has 0 spiro atoms. The molecule has 196 valence electrons. The standard InChI is InChI=1S/C26H57O4PS/c1-4-7-10-13-16-19-23-31(26-22-30-32(27,28)29,24-20-17-14-11-8-5-2)25-21-18-15-12-9-6-3/h31H,4-26H2,1-3H3,(H,27,28,29). The molecule has 0 rings (SSSR count). The van der Waals surface area contributed by atoms with Crippen LogP contribution < -0.4 is 0 Å². The minimum absolute atomic E-state index is 0.173. The van der Waals surface area contributed by atoms with Gasteiger partial charge in [0.2, 0.25) is 0 Å². The van der Waals surface area contributed by atoms with E-state index < -0.39 is 17.7 Å². The van der Waals surface area contributed by atoms with E-state index in [1.807, 2.05) is 0 Å². The Morgan fingerprint density at radius 1 is 0.531 bits per heavy atom. The van der Waals surface area contributed by atoms with Gasteiger partial charge >= 0.3 is 202 Å². The monoisotopic (exact) mass is 496 g/mol. The van der Waals surface area contributed by atoms with Gasteiger partial charge in [0.25, 0.3) is 0 Å². The third kappa shape index (κ3) is 20.9. The van der Waals surface area contributed by atoms with Crippen LogP contribution in [0.2, 0.25) is 0 Å². The van der Waals surface area contributed by atoms with Gasteiger partial charge in [-0.15, -0.1) is 0 Å². The Balaban J connectivity index is 4.87. The van der Waals surface area contributed by atoms with E-state index in [0.717, 1.165) is 6.16 Å². The Morgan fingerprint density at radius 2 is 0.844 bits per heavy atom. The molecule has 1 N–H and O–H groups in total. The zero-order valence-electron chi connectivity index (χ0n) is 21.8. The average molecular weight is 497 g/mol. The van der Waals surface area contributed by atoms with Crippen LogP contribution in [0.3, 0.4) is 0 Å². The van der Waals surface area contributed by atoms with Crippen LogP contribution in [0.25, 0.3) is 0 Å². The molecule has 0 aromatic carbocycles. The van der Waals surface area contributed by atoms with E-state index in [1.165, 1.54) is 134 Å². The Hall–Kier alpha value is 0.300. The molecule has 0 heterocycles. The van der Waals surface area contributed by atoms with Gasteiger partial charge < -0.3 is 0 Å². The summed E-state index contributed by atoms with van der Waals surface area (Å²) in [7, 11) is -5.93. The molecule has 0 fully saturated rings. The molecule has 0 bridgehead atoms. The number of unbranched alkanes of at least 4 members (excludes halogenated alkanes) is 15. The summed E-state index contributed by atoms with van der Waals surface area (Å²) < 4.78 is 36.2. The normalized spacial score (nSPS) is 13.0. The number of hydrogen-bond acceptors (Lipinski definition) is 3. The second-order valence-electron chi connectivity index (χ2n) is 10.1. The van der Waals surface area contributed by atoms with Crippen molar-refractivity contribution in [1.82, 2.24) is 0 Å². The first kappa shape index (κ1) is 32.3. The van der Waals surface area contributed by atoms with Gasteiger partial charge in [-0.2, -0.15) is 0 Å². The van der Waals surface area contributed by atoms with Gasteiger partial charge in [-0.25, -0.2) is 0 Å². The van der Waals surface area contributed by atoms with E-state index in [4.69, 9.17) is 8.74 Å². The molecule has 4 nitrogen and oxygen atoms in total. The number of hydrogen-bond donors (Lipinski definition) is 1. The molecule has 0 aromatic heterocycles. The first-order valence-electron chi connectivity index (χ1n) is 14.0. The van der Waals surface area contributed by atoms with Crippen molar-refractivity contribution < 1.29 is 17.2 Å². The van der Waals surface area contributed by atoms with E-state index in [-0.39, 0.29) is 6.61 Å². The zero-order valence-corrected chi connectivity index (χ0v) is 23.7. The van der Waals surface area contributed by atoms with E-state index in [2.05, 4.69) is 20.8 Å². The summed E-state index contributed by atoms with van der Waals surface area (Å²) in [6, 6.07) is 0. The second kappa shape index (κ2) is 21.8. The Labute approximate surface area is 202 Å². The fourth-order valence-corrected chi connectivity index (χ4v) is 10.4. The third-order valence-electron chi connectivity index (χ3n) is 7.05. The SMILES string of the molecule is CCCCCCCC[PH](CCCCCCCC)(CCCCCCCC)CCOS(=O)(=O)O. The van der Waals surface area contributed by atoms with E-state index in [1.54, 1.807) is 0 Å². The van der Waals surface area contributed by atoms with Crippen molar-refractivity contribution in [2.24, 2.45) is 0 Å². The van der Waals surface area contributed by atoms with Crippen LogP contribution in [0.15, 0.2) is 0 Å². The van der Waals surface area contributed by atoms with Crippen LogP contribution in [0.4, 0.5) is 0 Å². The van der Waals surface area contributed by atoms with Gasteiger partial charge in [0.05, 0.1) is 0 Å². The average Bonchev–Trinajstić information content (AvgIpc) is 2.74. The molecule has 32 heavy (non-hydrogen) atoms. The summed E-state index contributed by atoms with van der Waals surface area (Å²) in [6.45, 7) is 6.95. The van der Waals surface area contributed by atoms with Crippen LogP contribution in [-0.4, -0.2) is 44.2 Å². The van der Waals surface area contributed by atoms with Crippen LogP contribution in [-0.2, 0) is 14.6 Å². The fraction of sp³-hybridized carbons (Fsp3) is 1.00. The van der Waals surface area contributed by atoms with Crippen molar-refractivity contribution in [2.45, 2.75) is 136 Å². The molecule has 0 aliphatic rings. The predicted molar refractivity (Wildman–Crippen MR) is 145 cm³/mol. The van der Waals surface area contributed by atoms with Crippen molar-refractivity contribution in [2.75, 3.05) is 31.3 Å². The summed E-state index contributed by atoms with van der Waals surface area (Å²) in [6.07, 6.45) is 28.4. The molecule has 0 atom stereocenters. The third-order valence-corrected chi connectivity index (χ3v) is 13.0. The summed E-state index contributed by atoms with van der Waals surface area (Å²) in [5, 5.41) is 0. The van der Waals surface area contributed by atoms with Crippen molar-refractivity contribution in [1.29, 1.82) is 0 Å². The second-order valence-corrected chi connectivity index (χ2v) is 16.1. The van der Waals surface area contributed by atoms with Gasteiger partial charge in [-0.1, -0.05) is 0 Å². The summed E-state index contributed by atoms with van der Waals surface area (Å²) in [5.41, 5.74) is 0. The van der Waals surface area contributed by atoms with E-state index >= 15 is 0 Å². The molecule has 0 amide bonds. The van der Waals surface area contributed by atoms with Crippen LogP contribution in [0.1, 0.15) is 136 Å². The molecule has 0 aromatic rings. The van der Waals surface area contributed by atoms with E-state index in [0.29, 0.717) is 0 Å². The molecule has 0 radical (unpaired) electrons. The molecule has 0 aliphatic carbocycles. The Kier molecular flexibility index (Phi) is 22.0. The number of rotatable bonds is 25. The Bertz CT molecular complexity index is 455. The van der Waals surface area contributed by atoms with Gasteiger partial charge in [0.15, 0.2) is 0 Å². The first-order valence-corrected chi connectivity index (χ1v) is 18.2. The maximum atomic E-state index is 11.1. The first-order chi connectivity index (χ1) is 15.4. The van der Waals surface area contributed by atoms with Gasteiger partial charge in [-0.3, -0.25) is 0 Å². The van der Waals surface area contributed by atoms with Gasteiger partial charge in [0.1, 0.15) is 0 Å². The molecule has 0 saturated heterocycles. The topological polar surface area (TPSA) is 63.6 Å². The van der Waals surface area contributed by atoms with Crippen molar-refractivity contribution in [3.8, 4) is 0 Å². The quantitative estimate of drug-likeness (QED) is 0.0780. The van der Waals surface area contributed by atoms with Crippen molar-refractivity contribution >= 4 is 17.7 Å². The summed E-state index contributed by atoms with van der Waals surface area (Å²) >= 11 is 0. The fourth-order valence-electron chi connectivity index (χ4n) is 4.95. The Morgan fingerprint density at radius 3 is 1.16 bits per heavy atom. The predicted octanol–water partition coefficient (Wildman–Crippen LogP) is 8.64. The summed E-state index contributed by atoms with van der Waals surface area (Å²) in [5.74, 6) is 0. The van der Waals surface area contributed by atoms with Crippen molar-refractivity contribution in [3.05, 3.63) is 0 Å². The molecular weight excluding hydrogens is 439 g/mol. The maximum absolute atomic E-state index is 11.1. The molecule has 0 unspecified atom stereocenters. The minimum atomic E-state index is -4.33. The van der Waals surface area contributed by atoms with Crippen LogP contribution >= 0.6 is 7.26 Å². The zero-order chi connectivity index (χ0) is 24.0. The summed E-state index contributed by atoms with van der Waals surface area (Å²) in [4.78, 5) is 0. The van der Waals surface area contributed by atoms with E-state index in [9.17, 15) is 8.42 Å². The molecule has 6 heteroatoms. The van der Waals surface area contributed by atoms with Gasteiger partial charge in [-0.05, 0) is 0 Å². The molecule has 0 saturated carbocycles. The molecule has 0 aliphatic heterocycles. The van der Waals surface area contributed by atoms with Crippen LogP contribution in [0.5, 0.6) is 0 Å². The van der Waals surface area contributed by atoms with Crippen LogP contribution in [0, 0.1) is 0 Å². The molecular formula is C26H57O4PS. The van der Waals surface area contributed by atoms with Gasteiger partial charge in [0, 0.05) is 0 Å².